The zero-order valence-corrected chi connectivity index (χ0v) is 11.1. The Morgan fingerprint density at radius 3 is 2.79 bits per heavy atom. The topological polar surface area (TPSA) is 85.4 Å². The molecule has 0 atom stereocenters. The Labute approximate surface area is 111 Å². The fourth-order valence-corrected chi connectivity index (χ4v) is 2.81. The van der Waals surface area contributed by atoms with E-state index in [1.54, 1.807) is 0 Å². The minimum absolute atomic E-state index is 0.252. The molecule has 0 saturated heterocycles. The third kappa shape index (κ3) is 1.63. The molecule has 6 nitrogen and oxygen atoms in total. The summed E-state index contributed by atoms with van der Waals surface area (Å²) >= 11 is 0. The lowest BCUT2D eigenvalue weighted by Crippen LogP contribution is -2.44. The van der Waals surface area contributed by atoms with Gasteiger partial charge in [-0.05, 0) is 39.0 Å². The first-order chi connectivity index (χ1) is 9.17. The summed E-state index contributed by atoms with van der Waals surface area (Å²) < 4.78 is 2.21. The van der Waals surface area contributed by atoms with Crippen LogP contribution in [-0.2, 0) is 5.54 Å². The van der Waals surface area contributed by atoms with Gasteiger partial charge in [0.2, 0.25) is 0 Å². The van der Waals surface area contributed by atoms with Crippen LogP contribution in [-0.4, -0.2) is 24.7 Å². The van der Waals surface area contributed by atoms with E-state index in [0.29, 0.717) is 6.04 Å². The first kappa shape index (κ1) is 11.2. The standard InChI is InChI=1S/C13H18N6/c1-8-17-18-11(19(8)9-3-4-9)10-7-15-12(16-10)13(14)5-2-6-13/h7,9H,2-6,14H2,1H3,(H,15,16). The fraction of sp³-hybridized carbons (Fsp3) is 0.615. The number of H-pyrrole nitrogens is 1. The molecular weight excluding hydrogens is 240 g/mol. The number of rotatable bonds is 3. The lowest BCUT2D eigenvalue weighted by atomic mass is 9.77. The van der Waals surface area contributed by atoms with Crippen molar-refractivity contribution in [1.82, 2.24) is 24.7 Å². The molecule has 0 radical (unpaired) electrons. The molecule has 2 fully saturated rings. The average molecular weight is 258 g/mol. The maximum atomic E-state index is 6.29. The molecule has 19 heavy (non-hydrogen) atoms. The van der Waals surface area contributed by atoms with Crippen LogP contribution < -0.4 is 5.73 Å². The van der Waals surface area contributed by atoms with Crippen molar-refractivity contribution in [2.45, 2.75) is 50.6 Å². The van der Waals surface area contributed by atoms with Crippen LogP contribution in [0.15, 0.2) is 6.20 Å². The normalized spacial score (nSPS) is 21.4. The molecule has 2 aromatic heterocycles. The van der Waals surface area contributed by atoms with Crippen LogP contribution in [0.5, 0.6) is 0 Å². The minimum atomic E-state index is -0.252. The van der Waals surface area contributed by atoms with E-state index in [0.717, 1.165) is 36.0 Å². The van der Waals surface area contributed by atoms with Gasteiger partial charge in [0, 0.05) is 6.04 Å². The highest BCUT2D eigenvalue weighted by Gasteiger charge is 2.37. The second kappa shape index (κ2) is 3.66. The Balaban J connectivity index is 1.73. The monoisotopic (exact) mass is 258 g/mol. The lowest BCUT2D eigenvalue weighted by Gasteiger charge is -2.35. The summed E-state index contributed by atoms with van der Waals surface area (Å²) in [5, 5.41) is 8.48. The molecule has 4 rings (SSSR count). The Morgan fingerprint density at radius 2 is 2.16 bits per heavy atom. The first-order valence-electron chi connectivity index (χ1n) is 6.94. The summed E-state index contributed by atoms with van der Waals surface area (Å²) in [6.45, 7) is 2.00. The zero-order chi connectivity index (χ0) is 13.0. The van der Waals surface area contributed by atoms with Crippen molar-refractivity contribution in [1.29, 1.82) is 0 Å². The van der Waals surface area contributed by atoms with E-state index in [1.807, 2.05) is 13.1 Å². The second-order valence-corrected chi connectivity index (χ2v) is 5.83. The fourth-order valence-electron chi connectivity index (χ4n) is 2.81. The Bertz CT molecular complexity index is 617. The highest BCUT2D eigenvalue weighted by Crippen LogP contribution is 2.40. The molecule has 2 heterocycles. The number of imidazole rings is 1. The molecule has 0 unspecified atom stereocenters. The van der Waals surface area contributed by atoms with Gasteiger partial charge in [-0.15, -0.1) is 10.2 Å². The second-order valence-electron chi connectivity index (χ2n) is 5.83. The van der Waals surface area contributed by atoms with Crippen LogP contribution in [0, 0.1) is 6.92 Å². The van der Waals surface area contributed by atoms with Crippen molar-refractivity contribution in [3.8, 4) is 11.5 Å². The van der Waals surface area contributed by atoms with Crippen LogP contribution in [0.25, 0.3) is 11.5 Å². The predicted octanol–water partition coefficient (Wildman–Crippen LogP) is 1.65. The molecule has 2 aromatic rings. The van der Waals surface area contributed by atoms with E-state index in [4.69, 9.17) is 5.73 Å². The van der Waals surface area contributed by atoms with Gasteiger partial charge < -0.3 is 15.3 Å². The van der Waals surface area contributed by atoms with Crippen LogP contribution >= 0.6 is 0 Å². The van der Waals surface area contributed by atoms with E-state index in [9.17, 15) is 0 Å². The summed E-state index contributed by atoms with van der Waals surface area (Å²) in [4.78, 5) is 7.80. The van der Waals surface area contributed by atoms with E-state index in [1.165, 1.54) is 19.3 Å². The third-order valence-electron chi connectivity index (χ3n) is 4.31. The maximum absolute atomic E-state index is 6.29. The van der Waals surface area contributed by atoms with Gasteiger partial charge in [-0.25, -0.2) is 4.98 Å². The van der Waals surface area contributed by atoms with Gasteiger partial charge in [0.05, 0.1) is 11.7 Å². The van der Waals surface area contributed by atoms with Gasteiger partial charge in [0.25, 0.3) is 0 Å². The maximum Gasteiger partial charge on any atom is 0.182 e. The SMILES string of the molecule is Cc1nnc(-c2cnc(C3(N)CCC3)[nH]2)n1C1CC1. The first-order valence-corrected chi connectivity index (χ1v) is 6.94. The lowest BCUT2D eigenvalue weighted by molar-refractivity contribution is 0.240. The molecule has 3 N–H and O–H groups in total. The summed E-state index contributed by atoms with van der Waals surface area (Å²) in [6, 6.07) is 0.562. The quantitative estimate of drug-likeness (QED) is 0.876. The van der Waals surface area contributed by atoms with E-state index in [2.05, 4.69) is 24.7 Å². The van der Waals surface area contributed by atoms with Crippen molar-refractivity contribution in [2.75, 3.05) is 0 Å². The number of aryl methyl sites for hydroxylation is 1. The highest BCUT2D eigenvalue weighted by atomic mass is 15.3. The molecule has 0 aliphatic heterocycles. The molecule has 2 aliphatic rings. The van der Waals surface area contributed by atoms with Crippen molar-refractivity contribution in [3.63, 3.8) is 0 Å². The van der Waals surface area contributed by atoms with Gasteiger partial charge in [0.15, 0.2) is 5.82 Å². The number of aromatic nitrogens is 5. The predicted molar refractivity (Wildman–Crippen MR) is 70.3 cm³/mol. The summed E-state index contributed by atoms with van der Waals surface area (Å²) in [7, 11) is 0. The van der Waals surface area contributed by atoms with Crippen LogP contribution in [0.3, 0.4) is 0 Å². The van der Waals surface area contributed by atoms with Crippen molar-refractivity contribution in [2.24, 2.45) is 5.73 Å². The number of nitrogens with two attached hydrogens (primary N) is 1. The molecule has 0 bridgehead atoms. The molecule has 0 aromatic carbocycles. The van der Waals surface area contributed by atoms with Gasteiger partial charge >= 0.3 is 0 Å². The highest BCUT2D eigenvalue weighted by molar-refractivity contribution is 5.49. The number of aromatic amines is 1. The average Bonchev–Trinajstić information content (AvgIpc) is 2.94. The molecule has 100 valence electrons. The number of hydrogen-bond acceptors (Lipinski definition) is 4. The molecule has 6 heteroatoms. The van der Waals surface area contributed by atoms with Crippen molar-refractivity contribution >= 4 is 0 Å². The van der Waals surface area contributed by atoms with Gasteiger partial charge in [0.1, 0.15) is 17.3 Å². The van der Waals surface area contributed by atoms with E-state index in [-0.39, 0.29) is 5.54 Å². The molecule has 2 saturated carbocycles. The summed E-state index contributed by atoms with van der Waals surface area (Å²) in [5.74, 6) is 2.75. The zero-order valence-electron chi connectivity index (χ0n) is 11.1. The minimum Gasteiger partial charge on any atom is -0.338 e. The largest absolute Gasteiger partial charge is 0.338 e. The van der Waals surface area contributed by atoms with Gasteiger partial charge in [-0.3, -0.25) is 0 Å². The van der Waals surface area contributed by atoms with Crippen molar-refractivity contribution in [3.05, 3.63) is 17.8 Å². The number of hydrogen-bond donors (Lipinski definition) is 2. The van der Waals surface area contributed by atoms with Crippen LogP contribution in [0.1, 0.15) is 49.8 Å². The third-order valence-corrected chi connectivity index (χ3v) is 4.31. The van der Waals surface area contributed by atoms with Crippen LogP contribution in [0.2, 0.25) is 0 Å². The van der Waals surface area contributed by atoms with Gasteiger partial charge in [-0.1, -0.05) is 0 Å². The molecule has 0 spiro atoms. The number of nitrogens with one attached hydrogen (secondary N) is 1. The summed E-state index contributed by atoms with van der Waals surface area (Å²) in [5.41, 5.74) is 6.97. The summed E-state index contributed by atoms with van der Waals surface area (Å²) in [6.07, 6.45) is 7.47. The van der Waals surface area contributed by atoms with E-state index < -0.39 is 0 Å². The van der Waals surface area contributed by atoms with Crippen LogP contribution in [0.4, 0.5) is 0 Å². The Morgan fingerprint density at radius 1 is 1.37 bits per heavy atom. The molecule has 2 aliphatic carbocycles. The van der Waals surface area contributed by atoms with Crippen molar-refractivity contribution < 1.29 is 0 Å². The van der Waals surface area contributed by atoms with Gasteiger partial charge in [-0.2, -0.15) is 0 Å². The molecule has 0 amide bonds. The smallest absolute Gasteiger partial charge is 0.182 e. The van der Waals surface area contributed by atoms with E-state index >= 15 is 0 Å². The molecular formula is C13H18N6. The Kier molecular flexibility index (Phi) is 2.15. The number of nitrogens with zero attached hydrogens (tertiary/aromatic N) is 4. The Hall–Kier alpha value is -1.69.